The van der Waals surface area contributed by atoms with E-state index in [0.717, 1.165) is 16.6 Å². The predicted molar refractivity (Wildman–Crippen MR) is 132 cm³/mol. The number of nitrogens with one attached hydrogen (secondary N) is 2. The number of H-pyrrole nitrogens is 1. The highest BCUT2D eigenvalue weighted by atomic mass is 32.2. The maximum absolute atomic E-state index is 13.1. The first-order valence-electron chi connectivity index (χ1n) is 11.1. The van der Waals surface area contributed by atoms with E-state index in [1.165, 1.54) is 24.3 Å². The smallest absolute Gasteiger partial charge is 0.287 e. The number of benzene rings is 3. The first-order chi connectivity index (χ1) is 17.0. The van der Waals surface area contributed by atoms with E-state index in [1.807, 2.05) is 54.6 Å². The molecule has 5 aromatic rings. The molecule has 176 valence electrons. The van der Waals surface area contributed by atoms with Gasteiger partial charge < -0.3 is 14.7 Å². The molecule has 0 radical (unpaired) electrons. The third-order valence-electron chi connectivity index (χ3n) is 5.65. The summed E-state index contributed by atoms with van der Waals surface area (Å²) in [5, 5.41) is 2.99. The average Bonchev–Trinajstić information content (AvgIpc) is 3.52. The summed E-state index contributed by atoms with van der Waals surface area (Å²) in [5.74, 6) is 0.0813. The van der Waals surface area contributed by atoms with Crippen LogP contribution >= 0.6 is 0 Å². The quantitative estimate of drug-likeness (QED) is 0.327. The maximum Gasteiger partial charge on any atom is 0.287 e. The van der Waals surface area contributed by atoms with Crippen molar-refractivity contribution in [3.05, 3.63) is 120 Å². The second-order valence-electron chi connectivity index (χ2n) is 8.19. The standard InChI is InChI=1S/C27H23N3O4S/c31-27(25-16-15-20(34-25)18-35(32,33)21-11-5-2-6-12-21)30-24(17-19-9-3-1-4-10-19)26-28-22-13-7-8-14-23(22)29-26/h1-16,24H,17-18H2,(H,28,29)(H,30,31)/t24-/m0/s1. The molecule has 2 heterocycles. The molecule has 2 aromatic heterocycles. The minimum Gasteiger partial charge on any atom is -0.455 e. The predicted octanol–water partition coefficient (Wildman–Crippen LogP) is 4.84. The molecule has 35 heavy (non-hydrogen) atoms. The van der Waals surface area contributed by atoms with Gasteiger partial charge in [0.05, 0.1) is 22.0 Å². The molecular weight excluding hydrogens is 462 g/mol. The van der Waals surface area contributed by atoms with E-state index >= 15 is 0 Å². The highest BCUT2D eigenvalue weighted by Gasteiger charge is 2.23. The number of imidazole rings is 1. The summed E-state index contributed by atoms with van der Waals surface area (Å²) in [4.78, 5) is 21.2. The van der Waals surface area contributed by atoms with Crippen molar-refractivity contribution in [3.8, 4) is 0 Å². The third-order valence-corrected chi connectivity index (χ3v) is 7.30. The minimum absolute atomic E-state index is 0.0393. The molecule has 8 heteroatoms. The molecule has 0 spiro atoms. The molecule has 0 aliphatic rings. The van der Waals surface area contributed by atoms with Crippen LogP contribution < -0.4 is 5.32 Å². The molecule has 1 amide bonds. The first kappa shape index (κ1) is 22.6. The number of hydrogen-bond donors (Lipinski definition) is 2. The zero-order valence-electron chi connectivity index (χ0n) is 18.7. The van der Waals surface area contributed by atoms with Crippen molar-refractivity contribution in [2.24, 2.45) is 0 Å². The van der Waals surface area contributed by atoms with E-state index in [9.17, 15) is 13.2 Å². The SMILES string of the molecule is O=C(N[C@@H](Cc1ccccc1)c1nc2ccccc2[nH]1)c1ccc(CS(=O)(=O)c2ccccc2)o1. The van der Waals surface area contributed by atoms with Gasteiger partial charge in [0.2, 0.25) is 0 Å². The topological polar surface area (TPSA) is 105 Å². The number of carbonyl (C=O) groups excluding carboxylic acids is 1. The molecule has 1 atom stereocenters. The van der Waals surface area contributed by atoms with Gasteiger partial charge in [-0.1, -0.05) is 60.7 Å². The molecule has 0 fully saturated rings. The fourth-order valence-corrected chi connectivity index (χ4v) is 5.18. The normalized spacial score (nSPS) is 12.5. The van der Waals surface area contributed by atoms with Crippen molar-refractivity contribution in [3.63, 3.8) is 0 Å². The van der Waals surface area contributed by atoms with Crippen LogP contribution in [0.25, 0.3) is 11.0 Å². The van der Waals surface area contributed by atoms with Gasteiger partial charge in [0.15, 0.2) is 15.6 Å². The van der Waals surface area contributed by atoms with Crippen LogP contribution in [0.4, 0.5) is 0 Å². The van der Waals surface area contributed by atoms with Crippen molar-refractivity contribution in [2.45, 2.75) is 23.1 Å². The van der Waals surface area contributed by atoms with Gasteiger partial charge in [-0.05, 0) is 48.4 Å². The fourth-order valence-electron chi connectivity index (χ4n) is 3.91. The molecule has 0 aliphatic carbocycles. The van der Waals surface area contributed by atoms with E-state index in [0.29, 0.717) is 12.2 Å². The molecule has 0 aliphatic heterocycles. The summed E-state index contributed by atoms with van der Waals surface area (Å²) in [7, 11) is -3.59. The molecule has 2 N–H and O–H groups in total. The molecule has 0 saturated heterocycles. The number of aromatic amines is 1. The minimum atomic E-state index is -3.59. The molecule has 0 unspecified atom stereocenters. The summed E-state index contributed by atoms with van der Waals surface area (Å²) in [6.45, 7) is 0. The van der Waals surface area contributed by atoms with Crippen molar-refractivity contribution < 1.29 is 17.6 Å². The summed E-state index contributed by atoms with van der Waals surface area (Å²) in [5.41, 5.74) is 2.72. The van der Waals surface area contributed by atoms with E-state index in [-0.39, 0.29) is 22.2 Å². The number of furan rings is 1. The summed E-state index contributed by atoms with van der Waals surface area (Å²) >= 11 is 0. The van der Waals surface area contributed by atoms with Crippen molar-refractivity contribution >= 4 is 26.8 Å². The van der Waals surface area contributed by atoms with Crippen LogP contribution in [0.5, 0.6) is 0 Å². The van der Waals surface area contributed by atoms with E-state index in [2.05, 4.69) is 15.3 Å². The number of amides is 1. The average molecular weight is 486 g/mol. The summed E-state index contributed by atoms with van der Waals surface area (Å²) in [6.07, 6.45) is 0.516. The molecule has 3 aromatic carbocycles. The number of carbonyl (C=O) groups is 1. The highest BCUT2D eigenvalue weighted by molar-refractivity contribution is 7.90. The lowest BCUT2D eigenvalue weighted by Gasteiger charge is -2.16. The Labute approximate surface area is 202 Å². The van der Waals surface area contributed by atoms with E-state index in [4.69, 9.17) is 4.42 Å². The van der Waals surface area contributed by atoms with Crippen LogP contribution in [0.15, 0.2) is 106 Å². The lowest BCUT2D eigenvalue weighted by Crippen LogP contribution is -2.30. The first-order valence-corrected chi connectivity index (χ1v) is 12.8. The fraction of sp³-hybridized carbons (Fsp3) is 0.111. The van der Waals surface area contributed by atoms with Crippen molar-refractivity contribution in [1.82, 2.24) is 15.3 Å². The number of sulfone groups is 1. The molecule has 5 rings (SSSR count). The number of rotatable bonds is 8. The Kier molecular flexibility index (Phi) is 6.20. The van der Waals surface area contributed by atoms with Crippen LogP contribution in [0.2, 0.25) is 0 Å². The molecule has 7 nitrogen and oxygen atoms in total. The van der Waals surface area contributed by atoms with Gasteiger partial charge in [-0.25, -0.2) is 13.4 Å². The summed E-state index contributed by atoms with van der Waals surface area (Å²) < 4.78 is 30.9. The highest BCUT2D eigenvalue weighted by Crippen LogP contribution is 2.22. The molecular formula is C27H23N3O4S. The number of fused-ring (bicyclic) bond motifs is 1. The Morgan fingerprint density at radius 2 is 1.57 bits per heavy atom. The van der Waals surface area contributed by atoms with Gasteiger partial charge in [-0.15, -0.1) is 0 Å². The van der Waals surface area contributed by atoms with E-state index in [1.54, 1.807) is 18.2 Å². The van der Waals surface area contributed by atoms with Gasteiger partial charge in [-0.3, -0.25) is 4.79 Å². The van der Waals surface area contributed by atoms with Gasteiger partial charge in [0.1, 0.15) is 17.3 Å². The zero-order chi connectivity index (χ0) is 24.3. The third kappa shape index (κ3) is 5.17. The second-order valence-corrected chi connectivity index (χ2v) is 10.2. The van der Waals surface area contributed by atoms with E-state index < -0.39 is 21.8 Å². The Hall–Kier alpha value is -4.17. The monoisotopic (exact) mass is 485 g/mol. The lowest BCUT2D eigenvalue weighted by molar-refractivity contribution is 0.0905. The Bertz CT molecular complexity index is 1520. The number of aromatic nitrogens is 2. The lowest BCUT2D eigenvalue weighted by atomic mass is 10.1. The Morgan fingerprint density at radius 3 is 2.31 bits per heavy atom. The van der Waals surface area contributed by atoms with Gasteiger partial charge in [0.25, 0.3) is 5.91 Å². The van der Waals surface area contributed by atoms with Crippen LogP contribution in [-0.2, 0) is 22.0 Å². The second kappa shape index (κ2) is 9.60. The molecule has 0 saturated carbocycles. The zero-order valence-corrected chi connectivity index (χ0v) is 19.5. The van der Waals surface area contributed by atoms with Crippen LogP contribution in [-0.4, -0.2) is 24.3 Å². The maximum atomic E-state index is 13.1. The summed E-state index contributed by atoms with van der Waals surface area (Å²) in [6, 6.07) is 28.2. The Balaban J connectivity index is 1.37. The van der Waals surface area contributed by atoms with Gasteiger partial charge >= 0.3 is 0 Å². The van der Waals surface area contributed by atoms with Crippen LogP contribution in [0, 0.1) is 0 Å². The largest absolute Gasteiger partial charge is 0.455 e. The van der Waals surface area contributed by atoms with Crippen molar-refractivity contribution in [2.75, 3.05) is 0 Å². The van der Waals surface area contributed by atoms with Gasteiger partial charge in [-0.2, -0.15) is 0 Å². The van der Waals surface area contributed by atoms with Gasteiger partial charge in [0, 0.05) is 0 Å². The van der Waals surface area contributed by atoms with Crippen LogP contribution in [0.3, 0.4) is 0 Å². The number of para-hydroxylation sites is 2. The number of nitrogens with zero attached hydrogens (tertiary/aromatic N) is 1. The van der Waals surface area contributed by atoms with Crippen molar-refractivity contribution in [1.29, 1.82) is 0 Å². The molecule has 0 bridgehead atoms. The number of hydrogen-bond acceptors (Lipinski definition) is 5. The van der Waals surface area contributed by atoms with Crippen LogP contribution in [0.1, 0.15) is 33.7 Å². The Morgan fingerprint density at radius 1 is 0.886 bits per heavy atom.